The van der Waals surface area contributed by atoms with Gasteiger partial charge in [-0.05, 0) is 62.1 Å². The van der Waals surface area contributed by atoms with Gasteiger partial charge in [-0.1, -0.05) is 12.1 Å². The molecule has 1 aromatic heterocycles. The first-order chi connectivity index (χ1) is 15.4. The summed E-state index contributed by atoms with van der Waals surface area (Å²) in [4.78, 5) is 21.5. The van der Waals surface area contributed by atoms with Gasteiger partial charge in [-0.15, -0.1) is 0 Å². The van der Waals surface area contributed by atoms with Crippen LogP contribution < -0.4 is 0 Å². The van der Waals surface area contributed by atoms with Crippen LogP contribution in [0.3, 0.4) is 0 Å². The Morgan fingerprint density at radius 3 is 2.50 bits per heavy atom. The maximum Gasteiger partial charge on any atom is 0.320 e. The first-order valence-electron chi connectivity index (χ1n) is 11.6. The number of aromatic amines is 1. The molecule has 1 aromatic carbocycles. The van der Waals surface area contributed by atoms with E-state index in [2.05, 4.69) is 15.2 Å². The second kappa shape index (κ2) is 7.30. The number of carbonyl (C=O) groups excluding carboxylic acids is 1. The Balaban J connectivity index is 0.972. The minimum Gasteiger partial charge on any atom is -0.324 e. The molecule has 3 heterocycles. The number of nitrogens with zero attached hydrogens (tertiary/aromatic N) is 4. The number of carbonyl (C=O) groups is 1. The van der Waals surface area contributed by atoms with E-state index in [0.29, 0.717) is 22.8 Å². The zero-order valence-corrected chi connectivity index (χ0v) is 18.9. The molecule has 2 aliphatic heterocycles. The van der Waals surface area contributed by atoms with E-state index in [-0.39, 0.29) is 17.2 Å². The lowest BCUT2D eigenvalue weighted by Gasteiger charge is -2.59. The minimum atomic E-state index is -3.10. The molecule has 170 valence electrons. The van der Waals surface area contributed by atoms with Crippen LogP contribution in [0.2, 0.25) is 0 Å². The van der Waals surface area contributed by atoms with E-state index in [1.54, 1.807) is 12.1 Å². The second-order valence-corrected chi connectivity index (χ2v) is 12.5. The highest BCUT2D eigenvalue weighted by Crippen LogP contribution is 2.53. The highest BCUT2D eigenvalue weighted by molar-refractivity contribution is 7.92. The fraction of sp³-hybridized carbons (Fsp3) is 0.609. The molecular formula is C23H29N5O3S. The molecule has 0 bridgehead atoms. The van der Waals surface area contributed by atoms with Crippen LogP contribution in [0.25, 0.3) is 0 Å². The molecule has 1 spiro atoms. The van der Waals surface area contributed by atoms with Crippen molar-refractivity contribution >= 4 is 15.9 Å². The molecule has 4 fully saturated rings. The number of hydrogen-bond acceptors (Lipinski definition) is 5. The number of aromatic nitrogens is 3. The van der Waals surface area contributed by atoms with Gasteiger partial charge in [0.1, 0.15) is 12.2 Å². The fourth-order valence-electron chi connectivity index (χ4n) is 5.95. The SMILES string of the molecule is O=C(N1CC[C@H](c2ncn[nH]2)C1)N1CC2(CC(Cc3ccc(S(=O)(=O)C4CC4)cc3)C2)C1. The van der Waals surface area contributed by atoms with E-state index in [1.807, 2.05) is 21.9 Å². The van der Waals surface area contributed by atoms with Gasteiger partial charge in [-0.2, -0.15) is 5.10 Å². The van der Waals surface area contributed by atoms with Gasteiger partial charge in [0, 0.05) is 37.5 Å². The van der Waals surface area contributed by atoms with Crippen molar-refractivity contribution in [2.24, 2.45) is 11.3 Å². The normalized spacial score (nSPS) is 25.1. The molecule has 6 rings (SSSR count). The molecule has 9 heteroatoms. The number of rotatable bonds is 5. The average Bonchev–Trinajstić information content (AvgIpc) is 3.24. The van der Waals surface area contributed by atoms with Gasteiger partial charge >= 0.3 is 6.03 Å². The molecule has 0 unspecified atom stereocenters. The van der Waals surface area contributed by atoms with E-state index in [4.69, 9.17) is 0 Å². The van der Waals surface area contributed by atoms with Crippen molar-refractivity contribution in [1.82, 2.24) is 25.0 Å². The summed E-state index contributed by atoms with van der Waals surface area (Å²) >= 11 is 0. The third-order valence-electron chi connectivity index (χ3n) is 7.79. The molecule has 4 aliphatic rings. The van der Waals surface area contributed by atoms with Crippen LogP contribution in [0, 0.1) is 11.3 Å². The molecule has 1 atom stereocenters. The van der Waals surface area contributed by atoms with Crippen LogP contribution in [0.5, 0.6) is 0 Å². The standard InChI is InChI=1S/C23H29N5O3S/c29-22(27-8-7-18(12-27)21-24-15-25-26-21)28-13-23(14-28)10-17(11-23)9-16-1-3-19(4-2-16)32(30,31)20-5-6-20/h1-4,15,17-18,20H,5-14H2,(H,24,25,26)/t18-/m0/s1. The van der Waals surface area contributed by atoms with Crippen molar-refractivity contribution in [3.63, 3.8) is 0 Å². The second-order valence-electron chi connectivity index (χ2n) is 10.3. The molecule has 2 aromatic rings. The van der Waals surface area contributed by atoms with Gasteiger partial charge in [-0.25, -0.2) is 18.2 Å². The number of sulfone groups is 1. The molecule has 2 amide bonds. The van der Waals surface area contributed by atoms with Crippen molar-refractivity contribution < 1.29 is 13.2 Å². The van der Waals surface area contributed by atoms with Crippen LogP contribution >= 0.6 is 0 Å². The van der Waals surface area contributed by atoms with Gasteiger partial charge in [0.15, 0.2) is 9.84 Å². The highest BCUT2D eigenvalue weighted by atomic mass is 32.2. The third kappa shape index (κ3) is 3.50. The Labute approximate surface area is 188 Å². The van der Waals surface area contributed by atoms with Gasteiger partial charge in [0.05, 0.1) is 10.1 Å². The van der Waals surface area contributed by atoms with Gasteiger partial charge in [-0.3, -0.25) is 5.10 Å². The van der Waals surface area contributed by atoms with Crippen LogP contribution in [-0.2, 0) is 16.3 Å². The molecular weight excluding hydrogens is 426 g/mol. The number of hydrogen-bond donors (Lipinski definition) is 1. The third-order valence-corrected chi connectivity index (χ3v) is 10.1. The van der Waals surface area contributed by atoms with E-state index in [9.17, 15) is 13.2 Å². The number of H-pyrrole nitrogens is 1. The summed E-state index contributed by atoms with van der Waals surface area (Å²) in [5.41, 5.74) is 1.52. The summed E-state index contributed by atoms with van der Waals surface area (Å²) in [5, 5.41) is 6.69. The monoisotopic (exact) mass is 455 g/mol. The molecule has 2 saturated heterocycles. The highest BCUT2D eigenvalue weighted by Gasteiger charge is 2.54. The minimum absolute atomic E-state index is 0.155. The summed E-state index contributed by atoms with van der Waals surface area (Å²) in [6, 6.07) is 7.69. The van der Waals surface area contributed by atoms with Crippen molar-refractivity contribution in [3.05, 3.63) is 42.0 Å². The number of urea groups is 1. The predicted molar refractivity (Wildman–Crippen MR) is 118 cm³/mol. The lowest BCUT2D eigenvalue weighted by molar-refractivity contribution is -0.0753. The van der Waals surface area contributed by atoms with Crippen molar-refractivity contribution in [2.45, 2.75) is 54.6 Å². The summed E-state index contributed by atoms with van der Waals surface area (Å²) in [6.07, 6.45) is 7.35. The topological polar surface area (TPSA) is 99.3 Å². The lowest BCUT2D eigenvalue weighted by atomic mass is 9.56. The van der Waals surface area contributed by atoms with Crippen LogP contribution in [0.15, 0.2) is 35.5 Å². The average molecular weight is 456 g/mol. The molecule has 1 N–H and O–H groups in total. The Bertz CT molecular complexity index is 1100. The van der Waals surface area contributed by atoms with Crippen molar-refractivity contribution in [3.8, 4) is 0 Å². The summed E-state index contributed by atoms with van der Waals surface area (Å²) < 4.78 is 24.7. The van der Waals surface area contributed by atoms with Crippen molar-refractivity contribution in [1.29, 1.82) is 0 Å². The predicted octanol–water partition coefficient (Wildman–Crippen LogP) is 2.60. The largest absolute Gasteiger partial charge is 0.324 e. The van der Waals surface area contributed by atoms with E-state index in [1.165, 1.54) is 11.9 Å². The van der Waals surface area contributed by atoms with Crippen LogP contribution in [0.1, 0.15) is 49.4 Å². The Morgan fingerprint density at radius 2 is 1.84 bits per heavy atom. The van der Waals surface area contributed by atoms with Gasteiger partial charge in [0.2, 0.25) is 0 Å². The molecule has 8 nitrogen and oxygen atoms in total. The zero-order chi connectivity index (χ0) is 21.9. The fourth-order valence-corrected chi connectivity index (χ4v) is 7.61. The number of likely N-dealkylation sites (tertiary alicyclic amines) is 2. The quantitative estimate of drug-likeness (QED) is 0.747. The maximum atomic E-state index is 12.9. The number of benzene rings is 1. The summed E-state index contributed by atoms with van der Waals surface area (Å²) in [6.45, 7) is 3.23. The van der Waals surface area contributed by atoms with Crippen molar-refractivity contribution in [2.75, 3.05) is 26.2 Å². The van der Waals surface area contributed by atoms with Gasteiger partial charge in [0.25, 0.3) is 0 Å². The molecule has 0 radical (unpaired) electrons. The van der Waals surface area contributed by atoms with E-state index < -0.39 is 9.84 Å². The van der Waals surface area contributed by atoms with Crippen LogP contribution in [0.4, 0.5) is 4.79 Å². The maximum absolute atomic E-state index is 12.9. The van der Waals surface area contributed by atoms with E-state index in [0.717, 1.165) is 64.0 Å². The lowest BCUT2D eigenvalue weighted by Crippen LogP contribution is -2.65. The Kier molecular flexibility index (Phi) is 4.61. The Morgan fingerprint density at radius 1 is 1.09 bits per heavy atom. The van der Waals surface area contributed by atoms with Gasteiger partial charge < -0.3 is 9.80 Å². The zero-order valence-electron chi connectivity index (χ0n) is 18.1. The number of nitrogens with one attached hydrogen (secondary N) is 1. The molecule has 2 saturated carbocycles. The number of amides is 2. The summed E-state index contributed by atoms with van der Waals surface area (Å²) in [7, 11) is -3.10. The smallest absolute Gasteiger partial charge is 0.320 e. The summed E-state index contributed by atoms with van der Waals surface area (Å²) in [5.74, 6) is 1.76. The first-order valence-corrected chi connectivity index (χ1v) is 13.2. The Hall–Kier alpha value is -2.42. The van der Waals surface area contributed by atoms with E-state index >= 15 is 0 Å². The first kappa shape index (κ1) is 20.2. The molecule has 2 aliphatic carbocycles. The van der Waals surface area contributed by atoms with Crippen LogP contribution in [-0.4, -0.2) is 70.9 Å². The molecule has 32 heavy (non-hydrogen) atoms.